The van der Waals surface area contributed by atoms with Crippen molar-refractivity contribution in [3.05, 3.63) is 29.3 Å². The molecular formula is C13H17F3N2O2S. The van der Waals surface area contributed by atoms with Crippen molar-refractivity contribution in [1.29, 1.82) is 0 Å². The number of rotatable bonds is 2. The topological polar surface area (TPSA) is 63.4 Å². The number of alkyl halides is 3. The summed E-state index contributed by atoms with van der Waals surface area (Å²) in [5.41, 5.74) is 5.00. The molecule has 8 heteroatoms. The molecule has 1 aliphatic heterocycles. The maximum absolute atomic E-state index is 12.6. The molecule has 0 radical (unpaired) electrons. The van der Waals surface area contributed by atoms with Gasteiger partial charge in [-0.15, -0.1) is 0 Å². The highest BCUT2D eigenvalue weighted by Crippen LogP contribution is 2.32. The molecule has 2 rings (SSSR count). The van der Waals surface area contributed by atoms with E-state index in [1.54, 1.807) is 0 Å². The third-order valence-electron chi connectivity index (χ3n) is 3.54. The second kappa shape index (κ2) is 5.58. The molecule has 1 fully saturated rings. The molecule has 4 nitrogen and oxygen atoms in total. The van der Waals surface area contributed by atoms with Gasteiger partial charge in [0.15, 0.2) is 0 Å². The van der Waals surface area contributed by atoms with E-state index < -0.39 is 21.8 Å². The third kappa shape index (κ3) is 3.38. The van der Waals surface area contributed by atoms with E-state index in [1.165, 1.54) is 11.2 Å². The highest BCUT2D eigenvalue weighted by molar-refractivity contribution is 7.89. The third-order valence-corrected chi connectivity index (χ3v) is 5.57. The molecule has 118 valence electrons. The first-order valence-corrected chi connectivity index (χ1v) is 8.00. The molecule has 0 aliphatic carbocycles. The largest absolute Gasteiger partial charge is 0.416 e. The van der Waals surface area contributed by atoms with Crippen molar-refractivity contribution < 1.29 is 21.6 Å². The lowest BCUT2D eigenvalue weighted by Gasteiger charge is -2.30. The number of halogens is 3. The SMILES string of the molecule is Cc1cc(C(F)(F)F)ccc1S(=O)(=O)N1CCC[C@@H](N)C1. The van der Waals surface area contributed by atoms with Crippen LogP contribution in [0.1, 0.15) is 24.0 Å². The lowest BCUT2D eigenvalue weighted by molar-refractivity contribution is -0.137. The fraction of sp³-hybridized carbons (Fsp3) is 0.538. The van der Waals surface area contributed by atoms with Crippen molar-refractivity contribution in [2.45, 2.75) is 36.9 Å². The van der Waals surface area contributed by atoms with Gasteiger partial charge in [0, 0.05) is 19.1 Å². The van der Waals surface area contributed by atoms with Crippen LogP contribution in [0.25, 0.3) is 0 Å². The zero-order valence-corrected chi connectivity index (χ0v) is 12.3. The Morgan fingerprint density at radius 2 is 2.00 bits per heavy atom. The van der Waals surface area contributed by atoms with Crippen molar-refractivity contribution in [3.63, 3.8) is 0 Å². The Balaban J connectivity index is 2.37. The molecule has 1 saturated heterocycles. The van der Waals surface area contributed by atoms with Gasteiger partial charge >= 0.3 is 6.18 Å². The van der Waals surface area contributed by atoms with E-state index in [9.17, 15) is 21.6 Å². The van der Waals surface area contributed by atoms with Crippen LogP contribution in [0.4, 0.5) is 13.2 Å². The molecule has 21 heavy (non-hydrogen) atoms. The van der Waals surface area contributed by atoms with Crippen LogP contribution in [0, 0.1) is 6.92 Å². The van der Waals surface area contributed by atoms with E-state index in [0.717, 1.165) is 24.6 Å². The molecule has 0 saturated carbocycles. The Labute approximate surface area is 121 Å². The summed E-state index contributed by atoms with van der Waals surface area (Å²) in [6, 6.07) is 2.44. The molecule has 1 heterocycles. The first-order chi connectivity index (χ1) is 9.62. The summed E-state index contributed by atoms with van der Waals surface area (Å²) in [5.74, 6) is 0. The predicted molar refractivity (Wildman–Crippen MR) is 72.1 cm³/mol. The molecule has 0 aromatic heterocycles. The van der Waals surface area contributed by atoms with E-state index in [1.807, 2.05) is 0 Å². The van der Waals surface area contributed by atoms with E-state index in [2.05, 4.69) is 0 Å². The fourth-order valence-electron chi connectivity index (χ4n) is 2.45. The van der Waals surface area contributed by atoms with Gasteiger partial charge in [-0.25, -0.2) is 8.42 Å². The van der Waals surface area contributed by atoms with Gasteiger partial charge in [0.25, 0.3) is 0 Å². The molecule has 1 aromatic carbocycles. The predicted octanol–water partition coefficient (Wildman–Crippen LogP) is 2.13. The normalized spacial score (nSPS) is 21.5. The Bertz CT molecular complexity index is 629. The van der Waals surface area contributed by atoms with E-state index in [4.69, 9.17) is 5.73 Å². The summed E-state index contributed by atoms with van der Waals surface area (Å²) >= 11 is 0. The summed E-state index contributed by atoms with van der Waals surface area (Å²) in [5, 5.41) is 0. The monoisotopic (exact) mass is 322 g/mol. The summed E-state index contributed by atoms with van der Waals surface area (Å²) in [4.78, 5) is -0.0930. The maximum Gasteiger partial charge on any atom is 0.416 e. The van der Waals surface area contributed by atoms with Gasteiger partial charge in [-0.1, -0.05) is 0 Å². The minimum absolute atomic E-state index is 0.0870. The number of benzene rings is 1. The second-order valence-electron chi connectivity index (χ2n) is 5.24. The molecule has 0 amide bonds. The maximum atomic E-state index is 12.6. The Morgan fingerprint density at radius 3 is 2.52 bits per heavy atom. The van der Waals surface area contributed by atoms with Crippen LogP contribution in [0.15, 0.2) is 23.1 Å². The second-order valence-corrected chi connectivity index (χ2v) is 7.15. The summed E-state index contributed by atoms with van der Waals surface area (Å²) < 4.78 is 64.1. The zero-order valence-electron chi connectivity index (χ0n) is 11.5. The van der Waals surface area contributed by atoms with Crippen LogP contribution in [0.3, 0.4) is 0 Å². The number of nitrogens with two attached hydrogens (primary N) is 1. The molecule has 0 unspecified atom stereocenters. The molecule has 1 aliphatic rings. The van der Waals surface area contributed by atoms with Crippen molar-refractivity contribution in [1.82, 2.24) is 4.31 Å². The first kappa shape index (κ1) is 16.3. The lowest BCUT2D eigenvalue weighted by atomic mass is 10.1. The van der Waals surface area contributed by atoms with Crippen LogP contribution in [-0.4, -0.2) is 31.9 Å². The number of hydrogen-bond donors (Lipinski definition) is 1. The fourth-order valence-corrected chi connectivity index (χ4v) is 4.19. The van der Waals surface area contributed by atoms with Crippen LogP contribution >= 0.6 is 0 Å². The van der Waals surface area contributed by atoms with Gasteiger partial charge < -0.3 is 5.73 Å². The average molecular weight is 322 g/mol. The Hall–Kier alpha value is -1.12. The van der Waals surface area contributed by atoms with Crippen LogP contribution in [0.2, 0.25) is 0 Å². The molecule has 0 bridgehead atoms. The van der Waals surface area contributed by atoms with Crippen molar-refractivity contribution in [2.24, 2.45) is 5.73 Å². The number of piperidine rings is 1. The van der Waals surface area contributed by atoms with Crippen LogP contribution < -0.4 is 5.73 Å². The smallest absolute Gasteiger partial charge is 0.327 e. The minimum Gasteiger partial charge on any atom is -0.327 e. The Morgan fingerprint density at radius 1 is 1.33 bits per heavy atom. The standard InChI is InChI=1S/C13H17F3N2O2S/c1-9-7-10(13(14,15)16)4-5-12(9)21(19,20)18-6-2-3-11(17)8-18/h4-5,7,11H,2-3,6,8,17H2,1H3/t11-/m1/s1. The molecule has 2 N–H and O–H groups in total. The summed E-state index contributed by atoms with van der Waals surface area (Å²) in [7, 11) is -3.80. The van der Waals surface area contributed by atoms with E-state index >= 15 is 0 Å². The van der Waals surface area contributed by atoms with Crippen molar-refractivity contribution in [3.8, 4) is 0 Å². The van der Waals surface area contributed by atoms with Gasteiger partial charge in [0.1, 0.15) is 0 Å². The van der Waals surface area contributed by atoms with Crippen molar-refractivity contribution in [2.75, 3.05) is 13.1 Å². The highest BCUT2D eigenvalue weighted by atomic mass is 32.2. The Kier molecular flexibility index (Phi) is 4.32. The minimum atomic E-state index is -4.49. The summed E-state index contributed by atoms with van der Waals surface area (Å²) in [6.45, 7) is 1.91. The zero-order chi connectivity index (χ0) is 15.8. The average Bonchev–Trinajstić information content (AvgIpc) is 2.37. The van der Waals surface area contributed by atoms with Gasteiger partial charge in [-0.2, -0.15) is 17.5 Å². The highest BCUT2D eigenvalue weighted by Gasteiger charge is 2.34. The van der Waals surface area contributed by atoms with Crippen molar-refractivity contribution >= 4 is 10.0 Å². The van der Waals surface area contributed by atoms with Gasteiger partial charge in [0.2, 0.25) is 10.0 Å². The van der Waals surface area contributed by atoms with Crippen LogP contribution in [0.5, 0.6) is 0 Å². The first-order valence-electron chi connectivity index (χ1n) is 6.56. The number of hydrogen-bond acceptors (Lipinski definition) is 3. The molecule has 1 aromatic rings. The number of aryl methyl sites for hydroxylation is 1. The molecular weight excluding hydrogens is 305 g/mol. The summed E-state index contributed by atoms with van der Waals surface area (Å²) in [6.07, 6.45) is -3.08. The van der Waals surface area contributed by atoms with Gasteiger partial charge in [-0.05, 0) is 43.5 Å². The quantitative estimate of drug-likeness (QED) is 0.907. The lowest BCUT2D eigenvalue weighted by Crippen LogP contribution is -2.45. The molecule has 1 atom stereocenters. The molecule has 0 spiro atoms. The van der Waals surface area contributed by atoms with Crippen LogP contribution in [-0.2, 0) is 16.2 Å². The van der Waals surface area contributed by atoms with E-state index in [-0.39, 0.29) is 23.0 Å². The van der Waals surface area contributed by atoms with Gasteiger partial charge in [-0.3, -0.25) is 0 Å². The number of sulfonamides is 1. The van der Waals surface area contributed by atoms with Gasteiger partial charge in [0.05, 0.1) is 10.5 Å². The van der Waals surface area contributed by atoms with E-state index in [0.29, 0.717) is 13.0 Å². The number of nitrogens with zero attached hydrogens (tertiary/aromatic N) is 1.